The standard InChI is InChI=1S/C4H11N2O2S/c1-3-6-4-9(7,8)5-2/h4-6H,3H2,1-2H3. The molecular formula is C4H11N2O2S. The Morgan fingerprint density at radius 3 is 2.44 bits per heavy atom. The van der Waals surface area contributed by atoms with Crippen LogP contribution in [0.4, 0.5) is 0 Å². The van der Waals surface area contributed by atoms with Crippen LogP contribution in [0.5, 0.6) is 0 Å². The number of sulfonamides is 1. The summed E-state index contributed by atoms with van der Waals surface area (Å²) in [5.41, 5.74) is 0. The number of nitrogens with one attached hydrogen (secondary N) is 2. The van der Waals surface area contributed by atoms with E-state index in [1.807, 2.05) is 6.92 Å². The molecule has 0 unspecified atom stereocenters. The molecule has 0 aliphatic rings. The van der Waals surface area contributed by atoms with E-state index in [0.717, 1.165) is 5.88 Å². The Hall–Kier alpha value is -0.130. The van der Waals surface area contributed by atoms with Crippen LogP contribution in [0.3, 0.4) is 0 Å². The van der Waals surface area contributed by atoms with Crippen LogP contribution in [0, 0.1) is 5.88 Å². The minimum atomic E-state index is -3.17. The molecule has 55 valence electrons. The van der Waals surface area contributed by atoms with Crippen molar-refractivity contribution in [2.24, 2.45) is 0 Å². The maximum atomic E-state index is 10.5. The monoisotopic (exact) mass is 151 g/mol. The van der Waals surface area contributed by atoms with E-state index in [1.54, 1.807) is 0 Å². The molecule has 0 rings (SSSR count). The lowest BCUT2D eigenvalue weighted by molar-refractivity contribution is 0.589. The highest BCUT2D eigenvalue weighted by Crippen LogP contribution is 1.81. The Kier molecular flexibility index (Phi) is 3.76. The second-order valence-electron chi connectivity index (χ2n) is 1.42. The molecule has 2 N–H and O–H groups in total. The molecule has 0 spiro atoms. The van der Waals surface area contributed by atoms with Crippen LogP contribution in [0.2, 0.25) is 0 Å². The summed E-state index contributed by atoms with van der Waals surface area (Å²) in [5, 5.41) is 2.56. The van der Waals surface area contributed by atoms with Crippen LogP contribution in [0.1, 0.15) is 6.92 Å². The van der Waals surface area contributed by atoms with Gasteiger partial charge in [-0.05, 0) is 13.6 Å². The topological polar surface area (TPSA) is 58.2 Å². The first-order valence-corrected chi connectivity index (χ1v) is 4.17. The van der Waals surface area contributed by atoms with Crippen molar-refractivity contribution in [3.8, 4) is 0 Å². The first kappa shape index (κ1) is 8.87. The zero-order valence-corrected chi connectivity index (χ0v) is 6.33. The predicted octanol–water partition coefficient (Wildman–Crippen LogP) is -0.736. The van der Waals surface area contributed by atoms with Crippen molar-refractivity contribution in [1.82, 2.24) is 10.0 Å². The van der Waals surface area contributed by atoms with Crippen LogP contribution in [0.25, 0.3) is 0 Å². The summed E-state index contributed by atoms with van der Waals surface area (Å²) in [4.78, 5) is 0. The zero-order chi connectivity index (χ0) is 7.33. The lowest BCUT2D eigenvalue weighted by Gasteiger charge is -1.99. The summed E-state index contributed by atoms with van der Waals surface area (Å²) >= 11 is 0. The molecule has 1 radical (unpaired) electrons. The van der Waals surface area contributed by atoms with Crippen LogP contribution >= 0.6 is 0 Å². The molecule has 5 heteroatoms. The molecule has 0 fully saturated rings. The summed E-state index contributed by atoms with van der Waals surface area (Å²) in [7, 11) is -1.80. The van der Waals surface area contributed by atoms with E-state index in [4.69, 9.17) is 0 Å². The largest absolute Gasteiger partial charge is 0.298 e. The van der Waals surface area contributed by atoms with E-state index in [9.17, 15) is 8.42 Å². The van der Waals surface area contributed by atoms with Crippen LogP contribution in [0.15, 0.2) is 0 Å². The van der Waals surface area contributed by atoms with Crippen molar-refractivity contribution >= 4 is 10.0 Å². The van der Waals surface area contributed by atoms with Gasteiger partial charge < -0.3 is 0 Å². The molecule has 0 amide bonds. The molecule has 0 atom stereocenters. The Morgan fingerprint density at radius 2 is 2.11 bits per heavy atom. The Labute approximate surface area is 55.7 Å². The molecule has 0 aromatic heterocycles. The third-order valence-electron chi connectivity index (χ3n) is 0.727. The van der Waals surface area contributed by atoms with Crippen LogP contribution < -0.4 is 10.0 Å². The second kappa shape index (κ2) is 3.81. The molecule has 0 aromatic rings. The minimum absolute atomic E-state index is 0.612. The summed E-state index contributed by atoms with van der Waals surface area (Å²) < 4.78 is 23.2. The SMILES string of the molecule is CCN[CH]S(=O)(=O)NC. The summed E-state index contributed by atoms with van der Waals surface area (Å²) in [5.74, 6) is 1.03. The van der Waals surface area contributed by atoms with Gasteiger partial charge >= 0.3 is 0 Å². The number of rotatable bonds is 4. The van der Waals surface area contributed by atoms with Crippen molar-refractivity contribution in [1.29, 1.82) is 0 Å². The molecule has 0 saturated heterocycles. The molecule has 0 aliphatic carbocycles. The van der Waals surface area contributed by atoms with Gasteiger partial charge in [-0.3, -0.25) is 5.32 Å². The Balaban J connectivity index is 3.61. The van der Waals surface area contributed by atoms with Crippen molar-refractivity contribution in [3.05, 3.63) is 5.88 Å². The van der Waals surface area contributed by atoms with E-state index in [2.05, 4.69) is 10.0 Å². The summed E-state index contributed by atoms with van der Waals surface area (Å²) in [6.07, 6.45) is 0. The first-order valence-electron chi connectivity index (χ1n) is 2.62. The quantitative estimate of drug-likeness (QED) is 0.556. The average Bonchev–Trinajstić information content (AvgIpc) is 1.84. The van der Waals surface area contributed by atoms with Gasteiger partial charge in [-0.25, -0.2) is 13.1 Å². The normalized spacial score (nSPS) is 11.8. The highest BCUT2D eigenvalue weighted by Gasteiger charge is 2.03. The molecular weight excluding hydrogens is 140 g/mol. The predicted molar refractivity (Wildman–Crippen MR) is 36.0 cm³/mol. The second-order valence-corrected chi connectivity index (χ2v) is 3.16. The number of hydrogen-bond acceptors (Lipinski definition) is 3. The van der Waals surface area contributed by atoms with Gasteiger partial charge in [-0.1, -0.05) is 6.92 Å². The molecule has 0 heterocycles. The van der Waals surface area contributed by atoms with E-state index >= 15 is 0 Å². The fourth-order valence-corrected chi connectivity index (χ4v) is 0.756. The lowest BCUT2D eigenvalue weighted by Crippen LogP contribution is -2.25. The van der Waals surface area contributed by atoms with Crippen molar-refractivity contribution in [2.75, 3.05) is 13.6 Å². The maximum Gasteiger partial charge on any atom is 0.230 e. The van der Waals surface area contributed by atoms with Gasteiger partial charge in [0.2, 0.25) is 10.0 Å². The Morgan fingerprint density at radius 1 is 1.56 bits per heavy atom. The minimum Gasteiger partial charge on any atom is -0.298 e. The van der Waals surface area contributed by atoms with Gasteiger partial charge in [-0.15, -0.1) is 0 Å². The van der Waals surface area contributed by atoms with E-state index < -0.39 is 10.0 Å². The zero-order valence-electron chi connectivity index (χ0n) is 5.51. The van der Waals surface area contributed by atoms with Crippen molar-refractivity contribution in [2.45, 2.75) is 6.92 Å². The summed E-state index contributed by atoms with van der Waals surface area (Å²) in [6, 6.07) is 0. The summed E-state index contributed by atoms with van der Waals surface area (Å²) in [6.45, 7) is 2.43. The molecule has 9 heavy (non-hydrogen) atoms. The lowest BCUT2D eigenvalue weighted by atomic mass is 10.8. The van der Waals surface area contributed by atoms with Gasteiger partial charge in [0.25, 0.3) is 0 Å². The van der Waals surface area contributed by atoms with E-state index in [1.165, 1.54) is 7.05 Å². The molecule has 4 nitrogen and oxygen atoms in total. The highest BCUT2D eigenvalue weighted by atomic mass is 32.2. The van der Waals surface area contributed by atoms with Crippen molar-refractivity contribution in [3.63, 3.8) is 0 Å². The third kappa shape index (κ3) is 4.38. The first-order chi connectivity index (χ1) is 4.12. The average molecular weight is 151 g/mol. The van der Waals surface area contributed by atoms with Crippen molar-refractivity contribution < 1.29 is 8.42 Å². The molecule has 0 aromatic carbocycles. The van der Waals surface area contributed by atoms with Gasteiger partial charge in [0.15, 0.2) is 5.88 Å². The van der Waals surface area contributed by atoms with E-state index in [0.29, 0.717) is 6.54 Å². The number of hydrogen-bond donors (Lipinski definition) is 2. The highest BCUT2D eigenvalue weighted by molar-refractivity contribution is 7.91. The van der Waals surface area contributed by atoms with E-state index in [-0.39, 0.29) is 0 Å². The van der Waals surface area contributed by atoms with Gasteiger partial charge in [0.1, 0.15) is 0 Å². The van der Waals surface area contributed by atoms with Gasteiger partial charge in [-0.2, -0.15) is 0 Å². The fraction of sp³-hybridized carbons (Fsp3) is 0.750. The van der Waals surface area contributed by atoms with Crippen LogP contribution in [-0.4, -0.2) is 22.0 Å². The van der Waals surface area contributed by atoms with Gasteiger partial charge in [0, 0.05) is 0 Å². The van der Waals surface area contributed by atoms with Gasteiger partial charge in [0.05, 0.1) is 0 Å². The molecule has 0 saturated carbocycles. The molecule has 0 aliphatic heterocycles. The fourth-order valence-electron chi connectivity index (χ4n) is 0.252. The third-order valence-corrected chi connectivity index (χ3v) is 1.77. The smallest absolute Gasteiger partial charge is 0.230 e. The van der Waals surface area contributed by atoms with Crippen LogP contribution in [-0.2, 0) is 10.0 Å². The Bertz CT molecular complexity index is 152. The maximum absolute atomic E-state index is 10.5. The molecule has 0 bridgehead atoms.